The molecule has 6 heteroatoms. The van der Waals surface area contributed by atoms with Gasteiger partial charge in [0.05, 0.1) is 6.54 Å². The molecule has 0 saturated carbocycles. The molecule has 66 valence electrons. The number of carbonyl (C=O) groups is 3. The van der Waals surface area contributed by atoms with Crippen molar-refractivity contribution in [2.75, 3.05) is 6.54 Å². The highest BCUT2D eigenvalue weighted by molar-refractivity contribution is 6.01. The van der Waals surface area contributed by atoms with Gasteiger partial charge in [-0.25, -0.2) is 10.4 Å². The Bertz CT molecular complexity index is 222. The zero-order chi connectivity index (χ0) is 9.14. The summed E-state index contributed by atoms with van der Waals surface area (Å²) in [6, 6.07) is 0. The van der Waals surface area contributed by atoms with Crippen molar-refractivity contribution in [3.05, 3.63) is 0 Å². The second-order valence-corrected chi connectivity index (χ2v) is 2.42. The molecular weight excluding hydrogens is 162 g/mol. The van der Waals surface area contributed by atoms with Crippen molar-refractivity contribution >= 4 is 17.7 Å². The van der Waals surface area contributed by atoms with Gasteiger partial charge in [-0.05, 0) is 0 Å². The zero-order valence-electron chi connectivity index (χ0n) is 6.37. The normalized spacial score (nSPS) is 17.2. The van der Waals surface area contributed by atoms with E-state index < -0.39 is 5.91 Å². The third kappa shape index (κ3) is 1.79. The highest BCUT2D eigenvalue weighted by Gasteiger charge is 2.28. The van der Waals surface area contributed by atoms with Crippen LogP contribution in [0.3, 0.4) is 0 Å². The quantitative estimate of drug-likeness (QED) is 0.486. The monoisotopic (exact) mass is 171 g/mol. The van der Waals surface area contributed by atoms with Crippen LogP contribution in [0, 0.1) is 0 Å². The van der Waals surface area contributed by atoms with Gasteiger partial charge in [-0.15, -0.1) is 0 Å². The molecule has 0 spiro atoms. The summed E-state index contributed by atoms with van der Waals surface area (Å²) < 4.78 is 0. The number of hydrogen-bond acceptors (Lipinski definition) is 4. The van der Waals surface area contributed by atoms with Gasteiger partial charge in [0.1, 0.15) is 0 Å². The first-order valence-electron chi connectivity index (χ1n) is 3.49. The van der Waals surface area contributed by atoms with Crippen molar-refractivity contribution < 1.29 is 14.4 Å². The standard InChI is InChI=1S/C6H9N3O3/c7-4(10)3-8-9-5(11)1-2-6(9)12/h8H,1-3H2,(H2,7,10). The lowest BCUT2D eigenvalue weighted by atomic mass is 10.4. The predicted molar refractivity (Wildman–Crippen MR) is 38.3 cm³/mol. The van der Waals surface area contributed by atoms with Crippen molar-refractivity contribution in [1.29, 1.82) is 0 Å². The van der Waals surface area contributed by atoms with Gasteiger partial charge in [-0.2, -0.15) is 0 Å². The van der Waals surface area contributed by atoms with Crippen LogP contribution < -0.4 is 11.2 Å². The van der Waals surface area contributed by atoms with E-state index in [1.807, 2.05) is 0 Å². The van der Waals surface area contributed by atoms with E-state index in [9.17, 15) is 14.4 Å². The largest absolute Gasteiger partial charge is 0.369 e. The van der Waals surface area contributed by atoms with E-state index >= 15 is 0 Å². The maximum atomic E-state index is 10.9. The van der Waals surface area contributed by atoms with Crippen LogP contribution in [0.1, 0.15) is 12.8 Å². The van der Waals surface area contributed by atoms with Gasteiger partial charge in [-0.1, -0.05) is 0 Å². The Hall–Kier alpha value is -1.43. The molecule has 0 unspecified atom stereocenters. The molecule has 1 heterocycles. The number of primary amides is 1. The molecule has 1 saturated heterocycles. The Kier molecular flexibility index (Phi) is 2.39. The van der Waals surface area contributed by atoms with Crippen LogP contribution in [-0.4, -0.2) is 29.3 Å². The van der Waals surface area contributed by atoms with E-state index in [0.717, 1.165) is 5.01 Å². The molecule has 0 aromatic rings. The summed E-state index contributed by atoms with van der Waals surface area (Å²) in [5.74, 6) is -1.25. The second-order valence-electron chi connectivity index (χ2n) is 2.42. The highest BCUT2D eigenvalue weighted by atomic mass is 16.2. The average Bonchev–Trinajstić information content (AvgIpc) is 2.28. The van der Waals surface area contributed by atoms with Crippen LogP contribution in [0.25, 0.3) is 0 Å². The summed E-state index contributed by atoms with van der Waals surface area (Å²) in [4.78, 5) is 32.1. The minimum atomic E-state index is -0.609. The van der Waals surface area contributed by atoms with Crippen LogP contribution in [0.2, 0.25) is 0 Å². The van der Waals surface area contributed by atoms with E-state index in [1.54, 1.807) is 0 Å². The van der Waals surface area contributed by atoms with Crippen molar-refractivity contribution in [3.63, 3.8) is 0 Å². The molecule has 6 nitrogen and oxygen atoms in total. The summed E-state index contributed by atoms with van der Waals surface area (Å²) in [7, 11) is 0. The van der Waals surface area contributed by atoms with Gasteiger partial charge >= 0.3 is 0 Å². The summed E-state index contributed by atoms with van der Waals surface area (Å²) in [6.07, 6.45) is 0.398. The molecule has 0 aromatic heterocycles. The van der Waals surface area contributed by atoms with Crippen LogP contribution >= 0.6 is 0 Å². The summed E-state index contributed by atoms with van der Waals surface area (Å²) in [6.45, 7) is -0.197. The fourth-order valence-corrected chi connectivity index (χ4v) is 0.910. The molecule has 1 rings (SSSR count). The van der Waals surface area contributed by atoms with Crippen molar-refractivity contribution in [3.8, 4) is 0 Å². The molecule has 0 bridgehead atoms. The maximum absolute atomic E-state index is 10.9. The summed E-state index contributed by atoms with van der Waals surface area (Å²) in [5.41, 5.74) is 7.15. The number of hydrogen-bond donors (Lipinski definition) is 2. The number of carbonyl (C=O) groups excluding carboxylic acids is 3. The summed E-state index contributed by atoms with van der Waals surface area (Å²) in [5, 5.41) is 0.838. The minimum absolute atomic E-state index is 0.197. The third-order valence-electron chi connectivity index (χ3n) is 1.46. The van der Waals surface area contributed by atoms with Gasteiger partial charge < -0.3 is 5.73 Å². The van der Waals surface area contributed by atoms with Crippen molar-refractivity contribution in [2.45, 2.75) is 12.8 Å². The van der Waals surface area contributed by atoms with Crippen LogP contribution in [0.5, 0.6) is 0 Å². The molecule has 3 amide bonds. The number of imide groups is 1. The van der Waals surface area contributed by atoms with E-state index in [2.05, 4.69) is 5.43 Å². The van der Waals surface area contributed by atoms with Gasteiger partial charge in [0, 0.05) is 12.8 Å². The fourth-order valence-electron chi connectivity index (χ4n) is 0.910. The Labute approximate surface area is 68.7 Å². The van der Waals surface area contributed by atoms with Gasteiger partial charge in [0.15, 0.2) is 0 Å². The molecule has 0 atom stereocenters. The SMILES string of the molecule is NC(=O)CNN1C(=O)CCC1=O. The van der Waals surface area contributed by atoms with Gasteiger partial charge in [0.25, 0.3) is 0 Å². The second kappa shape index (κ2) is 3.31. The van der Waals surface area contributed by atoms with Crippen molar-refractivity contribution in [2.24, 2.45) is 5.73 Å². The lowest BCUT2D eigenvalue weighted by Gasteiger charge is -2.12. The Morgan fingerprint density at radius 1 is 1.42 bits per heavy atom. The molecule has 1 aliphatic heterocycles. The third-order valence-corrected chi connectivity index (χ3v) is 1.46. The van der Waals surface area contributed by atoms with E-state index in [-0.39, 0.29) is 31.2 Å². The lowest BCUT2D eigenvalue weighted by molar-refractivity contribution is -0.142. The molecule has 0 radical (unpaired) electrons. The number of nitrogens with two attached hydrogens (primary N) is 1. The Morgan fingerprint density at radius 3 is 2.33 bits per heavy atom. The lowest BCUT2D eigenvalue weighted by Crippen LogP contribution is -2.45. The number of rotatable bonds is 3. The molecule has 0 aliphatic carbocycles. The number of nitrogens with zero attached hydrogens (tertiary/aromatic N) is 1. The first-order chi connectivity index (χ1) is 5.61. The van der Waals surface area contributed by atoms with Crippen LogP contribution in [-0.2, 0) is 14.4 Å². The first-order valence-corrected chi connectivity index (χ1v) is 3.49. The molecule has 1 aliphatic rings. The minimum Gasteiger partial charge on any atom is -0.369 e. The molecule has 12 heavy (non-hydrogen) atoms. The smallest absolute Gasteiger partial charge is 0.244 e. The Morgan fingerprint density at radius 2 is 1.92 bits per heavy atom. The van der Waals surface area contributed by atoms with E-state index in [0.29, 0.717) is 0 Å². The van der Waals surface area contributed by atoms with Crippen LogP contribution in [0.15, 0.2) is 0 Å². The summed E-state index contributed by atoms with van der Waals surface area (Å²) >= 11 is 0. The number of amides is 3. The van der Waals surface area contributed by atoms with E-state index in [4.69, 9.17) is 5.73 Å². The average molecular weight is 171 g/mol. The highest BCUT2D eigenvalue weighted by Crippen LogP contribution is 2.07. The fraction of sp³-hybridized carbons (Fsp3) is 0.500. The Balaban J connectivity index is 2.45. The van der Waals surface area contributed by atoms with Gasteiger partial charge in [0.2, 0.25) is 17.7 Å². The molecule has 1 fully saturated rings. The maximum Gasteiger partial charge on any atom is 0.244 e. The molecule has 3 N–H and O–H groups in total. The van der Waals surface area contributed by atoms with Crippen molar-refractivity contribution in [1.82, 2.24) is 10.4 Å². The predicted octanol–water partition coefficient (Wildman–Crippen LogP) is -1.87. The zero-order valence-corrected chi connectivity index (χ0v) is 6.37. The molecule has 0 aromatic carbocycles. The van der Waals surface area contributed by atoms with Crippen LogP contribution in [0.4, 0.5) is 0 Å². The first kappa shape index (κ1) is 8.66. The number of nitrogens with one attached hydrogen (secondary N) is 1. The number of hydrazine groups is 1. The van der Waals surface area contributed by atoms with E-state index in [1.165, 1.54) is 0 Å². The molecular formula is C6H9N3O3. The van der Waals surface area contributed by atoms with Gasteiger partial charge in [-0.3, -0.25) is 14.4 Å². The topological polar surface area (TPSA) is 92.5 Å².